The van der Waals surface area contributed by atoms with E-state index in [-0.39, 0.29) is 5.56 Å². The lowest BCUT2D eigenvalue weighted by atomic mass is 10.1. The highest BCUT2D eigenvalue weighted by Gasteiger charge is 2.12. The molecule has 0 fully saturated rings. The summed E-state index contributed by atoms with van der Waals surface area (Å²) in [5, 5.41) is 11.0. The van der Waals surface area contributed by atoms with E-state index in [4.69, 9.17) is 9.84 Å². The number of carbonyl (C=O) groups is 1. The smallest absolute Gasteiger partial charge is 0.339 e. The minimum atomic E-state index is -0.991. The van der Waals surface area contributed by atoms with Gasteiger partial charge in [-0.05, 0) is 22.9 Å². The highest BCUT2D eigenvalue weighted by Crippen LogP contribution is 2.26. The van der Waals surface area contributed by atoms with Crippen LogP contribution in [-0.2, 0) is 0 Å². The molecule has 0 spiro atoms. The molecule has 0 aromatic heterocycles. The maximum atomic E-state index is 11.1. The number of hydrogen-bond donors (Lipinski definition) is 1. The summed E-state index contributed by atoms with van der Waals surface area (Å²) in [6.45, 7) is 3.83. The molecule has 2 aromatic carbocycles. The van der Waals surface area contributed by atoms with Gasteiger partial charge in [0.05, 0.1) is 0 Å². The van der Waals surface area contributed by atoms with Crippen molar-refractivity contribution in [1.29, 1.82) is 0 Å². The molecule has 0 aliphatic heterocycles. The zero-order chi connectivity index (χ0) is 12.3. The van der Waals surface area contributed by atoms with Gasteiger partial charge in [-0.2, -0.15) is 0 Å². The first-order valence-electron chi connectivity index (χ1n) is 5.22. The van der Waals surface area contributed by atoms with Crippen LogP contribution in [0.5, 0.6) is 5.75 Å². The summed E-state index contributed by atoms with van der Waals surface area (Å²) in [7, 11) is 0. The molecule has 0 radical (unpaired) electrons. The molecule has 2 aromatic rings. The third-order valence-electron chi connectivity index (χ3n) is 2.44. The molecule has 1 N–H and O–H groups in total. The Balaban J connectivity index is 2.57. The lowest BCUT2D eigenvalue weighted by Gasteiger charge is -2.09. The van der Waals surface area contributed by atoms with E-state index in [1.165, 1.54) is 0 Å². The molecular formula is C14H12O3. The van der Waals surface area contributed by atoms with Crippen LogP contribution in [0.15, 0.2) is 49.1 Å². The van der Waals surface area contributed by atoms with Crippen LogP contribution in [0.1, 0.15) is 10.4 Å². The molecule has 86 valence electrons. The Labute approximate surface area is 99.0 Å². The molecule has 0 unspecified atom stereocenters. The van der Waals surface area contributed by atoms with E-state index in [1.54, 1.807) is 18.2 Å². The van der Waals surface area contributed by atoms with Crippen LogP contribution in [0, 0.1) is 0 Å². The van der Waals surface area contributed by atoms with E-state index in [0.717, 1.165) is 10.8 Å². The van der Waals surface area contributed by atoms with Crippen LogP contribution in [0.3, 0.4) is 0 Å². The van der Waals surface area contributed by atoms with E-state index in [9.17, 15) is 4.79 Å². The largest absolute Gasteiger partial charge is 0.489 e. The van der Waals surface area contributed by atoms with Gasteiger partial charge in [0.2, 0.25) is 0 Å². The lowest BCUT2D eigenvalue weighted by molar-refractivity contribution is 0.0693. The fraction of sp³-hybridized carbons (Fsp3) is 0.0714. The van der Waals surface area contributed by atoms with Gasteiger partial charge >= 0.3 is 5.97 Å². The monoisotopic (exact) mass is 228 g/mol. The van der Waals surface area contributed by atoms with Crippen molar-refractivity contribution in [3.05, 3.63) is 54.6 Å². The van der Waals surface area contributed by atoms with E-state index in [0.29, 0.717) is 12.4 Å². The van der Waals surface area contributed by atoms with Gasteiger partial charge in [0.1, 0.15) is 17.9 Å². The van der Waals surface area contributed by atoms with Crippen molar-refractivity contribution in [3.8, 4) is 5.75 Å². The number of carboxylic acid groups (broad SMARTS) is 1. The Morgan fingerprint density at radius 1 is 1.29 bits per heavy atom. The van der Waals surface area contributed by atoms with Crippen molar-refractivity contribution in [3.63, 3.8) is 0 Å². The number of aromatic carboxylic acids is 1. The quantitative estimate of drug-likeness (QED) is 0.818. The third kappa shape index (κ3) is 2.28. The van der Waals surface area contributed by atoms with E-state index < -0.39 is 5.97 Å². The number of fused-ring (bicyclic) bond motifs is 1. The van der Waals surface area contributed by atoms with Crippen LogP contribution < -0.4 is 4.74 Å². The van der Waals surface area contributed by atoms with Crippen molar-refractivity contribution in [2.45, 2.75) is 0 Å². The first kappa shape index (κ1) is 11.2. The summed E-state index contributed by atoms with van der Waals surface area (Å²) in [5.74, 6) is -0.620. The topological polar surface area (TPSA) is 46.5 Å². The van der Waals surface area contributed by atoms with Crippen molar-refractivity contribution < 1.29 is 14.6 Å². The van der Waals surface area contributed by atoms with E-state index in [1.807, 2.05) is 24.3 Å². The average Bonchev–Trinajstić information content (AvgIpc) is 2.35. The van der Waals surface area contributed by atoms with Crippen LogP contribution in [0.25, 0.3) is 10.8 Å². The molecule has 0 atom stereocenters. The average molecular weight is 228 g/mol. The maximum absolute atomic E-state index is 11.1. The van der Waals surface area contributed by atoms with Crippen molar-refractivity contribution in [2.24, 2.45) is 0 Å². The Kier molecular flexibility index (Phi) is 3.10. The molecule has 3 nitrogen and oxygen atoms in total. The molecular weight excluding hydrogens is 216 g/mol. The summed E-state index contributed by atoms with van der Waals surface area (Å²) in [4.78, 5) is 11.1. The minimum absolute atomic E-state index is 0.172. The first-order chi connectivity index (χ1) is 8.22. The molecule has 0 aliphatic rings. The first-order valence-corrected chi connectivity index (χ1v) is 5.22. The third-order valence-corrected chi connectivity index (χ3v) is 2.44. The standard InChI is InChI=1S/C14H12O3/c1-2-7-17-13-9-11-6-4-3-5-10(11)8-12(13)14(15)16/h2-6,8-9H,1,7H2,(H,15,16). The summed E-state index contributed by atoms with van der Waals surface area (Å²) in [6, 6.07) is 10.9. The predicted molar refractivity (Wildman–Crippen MR) is 66.6 cm³/mol. The van der Waals surface area contributed by atoms with Gasteiger partial charge in [-0.15, -0.1) is 0 Å². The molecule has 0 heterocycles. The lowest BCUT2D eigenvalue weighted by Crippen LogP contribution is -2.03. The zero-order valence-corrected chi connectivity index (χ0v) is 9.22. The van der Waals surface area contributed by atoms with Crippen LogP contribution in [0.4, 0.5) is 0 Å². The van der Waals surface area contributed by atoms with Gasteiger partial charge in [-0.3, -0.25) is 0 Å². The van der Waals surface area contributed by atoms with Gasteiger partial charge in [-0.1, -0.05) is 36.9 Å². The Morgan fingerprint density at radius 2 is 1.94 bits per heavy atom. The Bertz CT molecular complexity index is 573. The number of ether oxygens (including phenoxy) is 1. The highest BCUT2D eigenvalue weighted by atomic mass is 16.5. The molecule has 0 saturated carbocycles. The molecule has 0 saturated heterocycles. The van der Waals surface area contributed by atoms with Crippen LogP contribution in [-0.4, -0.2) is 17.7 Å². The molecule has 3 heteroatoms. The van der Waals surface area contributed by atoms with Gasteiger partial charge in [0.15, 0.2) is 0 Å². The van der Waals surface area contributed by atoms with Gasteiger partial charge in [0.25, 0.3) is 0 Å². The Hall–Kier alpha value is -2.29. The van der Waals surface area contributed by atoms with Gasteiger partial charge in [0, 0.05) is 0 Å². The van der Waals surface area contributed by atoms with Gasteiger partial charge in [-0.25, -0.2) is 4.79 Å². The molecule has 0 aliphatic carbocycles. The van der Waals surface area contributed by atoms with Crippen molar-refractivity contribution in [2.75, 3.05) is 6.61 Å². The molecule has 17 heavy (non-hydrogen) atoms. The van der Waals surface area contributed by atoms with Crippen molar-refractivity contribution >= 4 is 16.7 Å². The molecule has 0 amide bonds. The normalized spacial score (nSPS) is 10.1. The summed E-state index contributed by atoms with van der Waals surface area (Å²) >= 11 is 0. The minimum Gasteiger partial charge on any atom is -0.489 e. The second kappa shape index (κ2) is 4.70. The molecule has 0 bridgehead atoms. The van der Waals surface area contributed by atoms with E-state index in [2.05, 4.69) is 6.58 Å². The Morgan fingerprint density at radius 3 is 2.53 bits per heavy atom. The summed E-state index contributed by atoms with van der Waals surface area (Å²) in [6.07, 6.45) is 1.58. The number of hydrogen-bond acceptors (Lipinski definition) is 2. The van der Waals surface area contributed by atoms with Gasteiger partial charge < -0.3 is 9.84 Å². The SMILES string of the molecule is C=CCOc1cc2ccccc2cc1C(=O)O. The fourth-order valence-electron chi connectivity index (χ4n) is 1.65. The summed E-state index contributed by atoms with van der Waals surface area (Å²) in [5.41, 5.74) is 0.172. The predicted octanol–water partition coefficient (Wildman–Crippen LogP) is 3.10. The number of benzene rings is 2. The second-order valence-corrected chi connectivity index (χ2v) is 3.60. The zero-order valence-electron chi connectivity index (χ0n) is 9.22. The van der Waals surface area contributed by atoms with Crippen LogP contribution in [0.2, 0.25) is 0 Å². The number of carboxylic acids is 1. The maximum Gasteiger partial charge on any atom is 0.339 e. The van der Waals surface area contributed by atoms with E-state index >= 15 is 0 Å². The van der Waals surface area contributed by atoms with Crippen molar-refractivity contribution in [1.82, 2.24) is 0 Å². The summed E-state index contributed by atoms with van der Waals surface area (Å²) < 4.78 is 5.36. The fourth-order valence-corrected chi connectivity index (χ4v) is 1.65. The number of rotatable bonds is 4. The second-order valence-electron chi connectivity index (χ2n) is 3.60. The highest BCUT2D eigenvalue weighted by molar-refractivity contribution is 5.97. The van der Waals surface area contributed by atoms with Crippen LogP contribution >= 0.6 is 0 Å². The molecule has 2 rings (SSSR count).